The zero-order valence-electron chi connectivity index (χ0n) is 10.5. The van der Waals surface area contributed by atoms with Crippen molar-refractivity contribution in [1.82, 2.24) is 15.5 Å². The molecule has 20 heavy (non-hydrogen) atoms. The highest BCUT2D eigenvalue weighted by atomic mass is 16.5. The van der Waals surface area contributed by atoms with E-state index in [2.05, 4.69) is 15.5 Å². The lowest BCUT2D eigenvalue weighted by Crippen LogP contribution is -2.55. The van der Waals surface area contributed by atoms with E-state index in [1.54, 1.807) is 18.2 Å². The third-order valence-electron chi connectivity index (χ3n) is 3.47. The average Bonchev–Trinajstić information content (AvgIpc) is 3.05. The number of carbonyl (C=O) groups is 2. The molecule has 1 unspecified atom stereocenters. The number of carbonyl (C=O) groups excluding carboxylic acids is 1. The number of ether oxygens (including phenoxy) is 1. The lowest BCUT2D eigenvalue weighted by Gasteiger charge is -2.23. The van der Waals surface area contributed by atoms with Gasteiger partial charge < -0.3 is 15.2 Å². The monoisotopic (exact) mass is 275 g/mol. The second-order valence-electron chi connectivity index (χ2n) is 4.76. The summed E-state index contributed by atoms with van der Waals surface area (Å²) in [4.78, 5) is 23.6. The maximum Gasteiger partial charge on any atom is 0.331 e. The van der Waals surface area contributed by atoms with Crippen LogP contribution in [0.25, 0.3) is 10.9 Å². The van der Waals surface area contributed by atoms with Gasteiger partial charge in [0.05, 0.1) is 12.1 Å². The number of nitrogens with zero attached hydrogens (tertiary/aromatic N) is 1. The fraction of sp³-hybridized carbons (Fsp3) is 0.308. The van der Waals surface area contributed by atoms with Gasteiger partial charge in [-0.05, 0) is 6.07 Å². The zero-order valence-corrected chi connectivity index (χ0v) is 10.5. The first-order valence-electron chi connectivity index (χ1n) is 6.19. The molecule has 1 amide bonds. The van der Waals surface area contributed by atoms with Crippen LogP contribution in [0.15, 0.2) is 24.3 Å². The molecule has 1 fully saturated rings. The van der Waals surface area contributed by atoms with E-state index in [1.165, 1.54) is 0 Å². The molecule has 7 nitrogen and oxygen atoms in total. The van der Waals surface area contributed by atoms with E-state index in [1.807, 2.05) is 6.07 Å². The molecule has 0 aliphatic carbocycles. The summed E-state index contributed by atoms with van der Waals surface area (Å²) in [6, 6.07) is 7.17. The second kappa shape index (κ2) is 4.61. The molecule has 0 bridgehead atoms. The van der Waals surface area contributed by atoms with Gasteiger partial charge in [-0.2, -0.15) is 5.10 Å². The van der Waals surface area contributed by atoms with Crippen molar-refractivity contribution < 1.29 is 19.4 Å². The Morgan fingerprint density at radius 3 is 2.90 bits per heavy atom. The molecule has 1 atom stereocenters. The van der Waals surface area contributed by atoms with Crippen LogP contribution in [-0.4, -0.2) is 45.9 Å². The standard InChI is InChI=1S/C13H13N3O4/c17-11(14-13(12(18)19)5-6-20-7-13)10-8-3-1-2-4-9(8)15-16-10/h1-4H,5-7H2,(H,14,17)(H,15,16)(H,18,19). The average molecular weight is 275 g/mol. The summed E-state index contributed by atoms with van der Waals surface area (Å²) in [6.45, 7) is 0.282. The predicted octanol–water partition coefficient (Wildman–Crippen LogP) is 0.536. The van der Waals surface area contributed by atoms with Crippen LogP contribution in [0.4, 0.5) is 0 Å². The molecule has 3 rings (SSSR count). The molecule has 0 spiro atoms. The Labute approximate surface area is 113 Å². The van der Waals surface area contributed by atoms with E-state index in [9.17, 15) is 14.7 Å². The molecule has 0 saturated carbocycles. The second-order valence-corrected chi connectivity index (χ2v) is 4.76. The summed E-state index contributed by atoms with van der Waals surface area (Å²) in [5.74, 6) is -1.61. The number of nitrogens with one attached hydrogen (secondary N) is 2. The van der Waals surface area contributed by atoms with Crippen LogP contribution in [0.1, 0.15) is 16.9 Å². The molecular weight excluding hydrogens is 262 g/mol. The topological polar surface area (TPSA) is 104 Å². The van der Waals surface area contributed by atoms with Gasteiger partial charge in [0.2, 0.25) is 0 Å². The van der Waals surface area contributed by atoms with Crippen LogP contribution < -0.4 is 5.32 Å². The van der Waals surface area contributed by atoms with E-state index < -0.39 is 17.4 Å². The molecule has 1 aliphatic rings. The van der Waals surface area contributed by atoms with Crippen molar-refractivity contribution in [3.8, 4) is 0 Å². The molecule has 0 radical (unpaired) electrons. The van der Waals surface area contributed by atoms with Crippen LogP contribution in [0.5, 0.6) is 0 Å². The van der Waals surface area contributed by atoms with Gasteiger partial charge in [0.15, 0.2) is 11.2 Å². The summed E-state index contributed by atoms with van der Waals surface area (Å²) in [5.41, 5.74) is -0.449. The Balaban J connectivity index is 1.91. The number of rotatable bonds is 3. The molecule has 1 aliphatic heterocycles. The number of hydrogen-bond donors (Lipinski definition) is 3. The number of carboxylic acid groups (broad SMARTS) is 1. The third-order valence-corrected chi connectivity index (χ3v) is 3.47. The Morgan fingerprint density at radius 2 is 2.20 bits per heavy atom. The van der Waals surface area contributed by atoms with Gasteiger partial charge in [-0.1, -0.05) is 18.2 Å². The highest BCUT2D eigenvalue weighted by Crippen LogP contribution is 2.21. The van der Waals surface area contributed by atoms with E-state index in [0.717, 1.165) is 5.52 Å². The summed E-state index contributed by atoms with van der Waals surface area (Å²) < 4.78 is 5.10. The van der Waals surface area contributed by atoms with Crippen molar-refractivity contribution >= 4 is 22.8 Å². The van der Waals surface area contributed by atoms with Crippen molar-refractivity contribution in [2.24, 2.45) is 0 Å². The minimum absolute atomic E-state index is 0.0313. The maximum atomic E-state index is 12.3. The van der Waals surface area contributed by atoms with Gasteiger partial charge in [0.25, 0.3) is 5.91 Å². The van der Waals surface area contributed by atoms with E-state index in [0.29, 0.717) is 12.0 Å². The number of aromatic nitrogens is 2. The largest absolute Gasteiger partial charge is 0.479 e. The zero-order chi connectivity index (χ0) is 14.2. The number of aliphatic carboxylic acids is 1. The Hall–Kier alpha value is -2.41. The predicted molar refractivity (Wildman–Crippen MR) is 69.4 cm³/mol. The molecule has 2 aromatic rings. The van der Waals surface area contributed by atoms with Crippen molar-refractivity contribution in [1.29, 1.82) is 0 Å². The Kier molecular flexibility index (Phi) is 2.90. The summed E-state index contributed by atoms with van der Waals surface area (Å²) in [7, 11) is 0. The first-order chi connectivity index (χ1) is 9.62. The highest BCUT2D eigenvalue weighted by Gasteiger charge is 2.44. The SMILES string of the molecule is O=C(NC1(C(=O)O)CCOC1)c1n[nH]c2ccccc12. The number of fused-ring (bicyclic) bond motifs is 1. The van der Waals surface area contributed by atoms with E-state index >= 15 is 0 Å². The molecule has 1 saturated heterocycles. The fourth-order valence-electron chi connectivity index (χ4n) is 2.30. The molecular formula is C13H13N3O4. The quantitative estimate of drug-likeness (QED) is 0.758. The normalized spacial score (nSPS) is 22.0. The minimum atomic E-state index is -1.36. The minimum Gasteiger partial charge on any atom is -0.479 e. The molecule has 3 N–H and O–H groups in total. The Morgan fingerprint density at radius 1 is 1.40 bits per heavy atom. The fourth-order valence-corrected chi connectivity index (χ4v) is 2.30. The van der Waals surface area contributed by atoms with Crippen LogP contribution in [0.2, 0.25) is 0 Å². The summed E-state index contributed by atoms with van der Waals surface area (Å²) in [6.07, 6.45) is 0.246. The Bertz CT molecular complexity index is 673. The summed E-state index contributed by atoms with van der Waals surface area (Å²) >= 11 is 0. The number of carboxylic acids is 1. The van der Waals surface area contributed by atoms with Crippen LogP contribution in [-0.2, 0) is 9.53 Å². The first-order valence-corrected chi connectivity index (χ1v) is 6.19. The highest BCUT2D eigenvalue weighted by molar-refractivity contribution is 6.06. The molecule has 104 valence electrons. The van der Waals surface area contributed by atoms with Gasteiger partial charge >= 0.3 is 5.97 Å². The van der Waals surface area contributed by atoms with Crippen molar-refractivity contribution in [2.75, 3.05) is 13.2 Å². The van der Waals surface area contributed by atoms with Gasteiger partial charge in [-0.3, -0.25) is 9.89 Å². The number of hydrogen-bond acceptors (Lipinski definition) is 4. The van der Waals surface area contributed by atoms with Crippen LogP contribution in [0.3, 0.4) is 0 Å². The molecule has 1 aromatic heterocycles. The number of para-hydroxylation sites is 1. The van der Waals surface area contributed by atoms with Crippen molar-refractivity contribution in [3.63, 3.8) is 0 Å². The molecule has 2 heterocycles. The van der Waals surface area contributed by atoms with E-state index in [-0.39, 0.29) is 18.7 Å². The summed E-state index contributed by atoms with van der Waals surface area (Å²) in [5, 5.41) is 19.2. The van der Waals surface area contributed by atoms with E-state index in [4.69, 9.17) is 4.74 Å². The molecule has 7 heteroatoms. The first kappa shape index (κ1) is 12.6. The number of aromatic amines is 1. The maximum absolute atomic E-state index is 12.3. The lowest BCUT2D eigenvalue weighted by atomic mass is 9.98. The van der Waals surface area contributed by atoms with Crippen molar-refractivity contribution in [3.05, 3.63) is 30.0 Å². The van der Waals surface area contributed by atoms with Crippen LogP contribution >= 0.6 is 0 Å². The number of benzene rings is 1. The third kappa shape index (κ3) is 1.92. The van der Waals surface area contributed by atoms with Gasteiger partial charge in [-0.15, -0.1) is 0 Å². The number of amides is 1. The smallest absolute Gasteiger partial charge is 0.331 e. The van der Waals surface area contributed by atoms with Crippen LogP contribution in [0, 0.1) is 0 Å². The van der Waals surface area contributed by atoms with Gasteiger partial charge in [-0.25, -0.2) is 4.79 Å². The number of H-pyrrole nitrogens is 1. The molecule has 1 aromatic carbocycles. The van der Waals surface area contributed by atoms with Crippen molar-refractivity contribution in [2.45, 2.75) is 12.0 Å². The van der Waals surface area contributed by atoms with Gasteiger partial charge in [0.1, 0.15) is 0 Å². The lowest BCUT2D eigenvalue weighted by molar-refractivity contribution is -0.144. The van der Waals surface area contributed by atoms with Gasteiger partial charge in [0, 0.05) is 18.4 Å².